The van der Waals surface area contributed by atoms with Crippen LogP contribution < -0.4 is 20.8 Å². The van der Waals surface area contributed by atoms with Gasteiger partial charge in [0.1, 0.15) is 0 Å². The van der Waals surface area contributed by atoms with Gasteiger partial charge in [-0.1, -0.05) is 103 Å². The number of anilines is 1. The molecule has 4 aromatic rings. The van der Waals surface area contributed by atoms with Gasteiger partial charge in [-0.25, -0.2) is 0 Å². The van der Waals surface area contributed by atoms with Gasteiger partial charge < -0.3 is 9.80 Å². The molecule has 0 spiro atoms. The van der Waals surface area contributed by atoms with Crippen LogP contribution in [-0.2, 0) is 6.54 Å². The number of nitrogens with zero attached hydrogens (tertiary/aromatic N) is 2. The van der Waals surface area contributed by atoms with Gasteiger partial charge in [0, 0.05) is 24.6 Å². The number of rotatable bonds is 6. The number of aryl methyl sites for hydroxylation is 3. The van der Waals surface area contributed by atoms with Crippen molar-refractivity contribution in [1.29, 1.82) is 0 Å². The third-order valence-electron chi connectivity index (χ3n) is 6.35. The summed E-state index contributed by atoms with van der Waals surface area (Å²) in [6.45, 7) is 8.37. The minimum Gasteiger partial charge on any atom is -0.354 e. The largest absolute Gasteiger partial charge is 0.354 e. The summed E-state index contributed by atoms with van der Waals surface area (Å²) in [5.74, 6) is 0. The van der Waals surface area contributed by atoms with Crippen LogP contribution in [0.15, 0.2) is 109 Å². The third-order valence-corrected chi connectivity index (χ3v) is 8.90. The van der Waals surface area contributed by atoms with Crippen molar-refractivity contribution in [2.24, 2.45) is 0 Å². The molecular formula is C31H31N2P. The summed E-state index contributed by atoms with van der Waals surface area (Å²) in [6.07, 6.45) is 4.47. The molecule has 2 nitrogen and oxygen atoms in total. The van der Waals surface area contributed by atoms with Crippen molar-refractivity contribution in [2.75, 3.05) is 11.6 Å². The SMILES string of the molecule is Cc1cc(C)c(N2C=CN(Cc3ccccc3P(c3ccccc3)c3ccccc3)C2)c(C)c1. The molecular weight excluding hydrogens is 431 g/mol. The molecule has 0 fully saturated rings. The molecule has 1 heterocycles. The van der Waals surface area contributed by atoms with E-state index in [2.05, 4.69) is 140 Å². The summed E-state index contributed by atoms with van der Waals surface area (Å²) in [6, 6.07) is 35.5. The predicted molar refractivity (Wildman–Crippen MR) is 148 cm³/mol. The molecule has 34 heavy (non-hydrogen) atoms. The molecule has 0 amide bonds. The van der Waals surface area contributed by atoms with Gasteiger partial charge >= 0.3 is 0 Å². The van der Waals surface area contributed by atoms with E-state index >= 15 is 0 Å². The van der Waals surface area contributed by atoms with E-state index in [0.29, 0.717) is 0 Å². The minimum absolute atomic E-state index is 0.620. The van der Waals surface area contributed by atoms with Gasteiger partial charge in [-0.2, -0.15) is 0 Å². The summed E-state index contributed by atoms with van der Waals surface area (Å²) < 4.78 is 0. The Morgan fingerprint density at radius 1 is 0.676 bits per heavy atom. The van der Waals surface area contributed by atoms with Crippen LogP contribution in [0.2, 0.25) is 0 Å². The van der Waals surface area contributed by atoms with Gasteiger partial charge in [0.25, 0.3) is 0 Å². The highest BCUT2D eigenvalue weighted by atomic mass is 31.1. The third kappa shape index (κ3) is 4.65. The highest BCUT2D eigenvalue weighted by molar-refractivity contribution is 7.79. The van der Waals surface area contributed by atoms with Gasteiger partial charge in [0.05, 0.1) is 6.67 Å². The van der Waals surface area contributed by atoms with E-state index < -0.39 is 7.92 Å². The highest BCUT2D eigenvalue weighted by Gasteiger charge is 2.22. The zero-order valence-electron chi connectivity index (χ0n) is 20.1. The smallest absolute Gasteiger partial charge is 0.0945 e. The van der Waals surface area contributed by atoms with E-state index in [4.69, 9.17) is 0 Å². The number of hydrogen-bond acceptors (Lipinski definition) is 2. The maximum absolute atomic E-state index is 2.42. The molecule has 0 bridgehead atoms. The van der Waals surface area contributed by atoms with Crippen LogP contribution in [0, 0.1) is 20.8 Å². The molecule has 5 rings (SSSR count). The molecule has 0 saturated heterocycles. The standard InChI is InChI=1S/C31H31N2P/c1-24-20-25(2)31(26(3)21-24)33-19-18-32(23-33)22-27-12-10-11-17-30(27)34(28-13-6-4-7-14-28)29-15-8-5-9-16-29/h4-21H,22-23H2,1-3H3. The first-order valence-corrected chi connectivity index (χ1v) is 13.2. The van der Waals surface area contributed by atoms with Crippen molar-refractivity contribution in [3.8, 4) is 0 Å². The van der Waals surface area contributed by atoms with Crippen LogP contribution in [-0.4, -0.2) is 11.6 Å². The molecule has 4 aromatic carbocycles. The summed E-state index contributed by atoms with van der Waals surface area (Å²) >= 11 is 0. The van der Waals surface area contributed by atoms with Gasteiger partial charge in [0.15, 0.2) is 0 Å². The first-order valence-electron chi connectivity index (χ1n) is 11.8. The lowest BCUT2D eigenvalue weighted by atomic mass is 10.0. The Kier molecular flexibility index (Phi) is 6.52. The Morgan fingerprint density at radius 3 is 1.85 bits per heavy atom. The van der Waals surface area contributed by atoms with Crippen LogP contribution in [0.4, 0.5) is 5.69 Å². The number of hydrogen-bond donors (Lipinski definition) is 0. The van der Waals surface area contributed by atoms with E-state index in [1.165, 1.54) is 43.9 Å². The van der Waals surface area contributed by atoms with Gasteiger partial charge in [-0.3, -0.25) is 0 Å². The Morgan fingerprint density at radius 2 is 1.24 bits per heavy atom. The highest BCUT2D eigenvalue weighted by Crippen LogP contribution is 2.35. The second-order valence-corrected chi connectivity index (χ2v) is 11.2. The lowest BCUT2D eigenvalue weighted by molar-refractivity contribution is 0.401. The van der Waals surface area contributed by atoms with E-state index in [1.54, 1.807) is 0 Å². The van der Waals surface area contributed by atoms with Crippen LogP contribution in [0.5, 0.6) is 0 Å². The summed E-state index contributed by atoms with van der Waals surface area (Å²) in [5.41, 5.74) is 6.71. The molecule has 0 aromatic heterocycles. The molecule has 1 aliphatic rings. The molecule has 1 aliphatic heterocycles. The number of benzene rings is 4. The van der Waals surface area contributed by atoms with E-state index in [9.17, 15) is 0 Å². The van der Waals surface area contributed by atoms with Gasteiger partial charge in [0.2, 0.25) is 0 Å². The topological polar surface area (TPSA) is 6.48 Å². The first kappa shape index (κ1) is 22.4. The Balaban J connectivity index is 1.44. The van der Waals surface area contributed by atoms with Crippen LogP contribution >= 0.6 is 7.92 Å². The van der Waals surface area contributed by atoms with Crippen molar-refractivity contribution in [1.82, 2.24) is 4.90 Å². The first-order chi connectivity index (χ1) is 16.6. The predicted octanol–water partition coefficient (Wildman–Crippen LogP) is 6.12. The Hall–Kier alpha value is -3.35. The summed E-state index contributed by atoms with van der Waals surface area (Å²) in [4.78, 5) is 4.80. The molecule has 0 radical (unpaired) electrons. The lowest BCUT2D eigenvalue weighted by Crippen LogP contribution is -2.29. The zero-order chi connectivity index (χ0) is 23.5. The molecule has 170 valence electrons. The lowest BCUT2D eigenvalue weighted by Gasteiger charge is -2.27. The molecule has 0 atom stereocenters. The molecule has 0 aliphatic carbocycles. The maximum atomic E-state index is 2.42. The molecule has 0 unspecified atom stereocenters. The zero-order valence-corrected chi connectivity index (χ0v) is 21.0. The fourth-order valence-corrected chi connectivity index (χ4v) is 7.46. The summed E-state index contributed by atoms with van der Waals surface area (Å²) in [5, 5.41) is 4.21. The Bertz CT molecular complexity index is 1240. The molecule has 0 saturated carbocycles. The van der Waals surface area contributed by atoms with E-state index in [-0.39, 0.29) is 0 Å². The fourth-order valence-electron chi connectivity index (χ4n) is 5.00. The van der Waals surface area contributed by atoms with Crippen LogP contribution in [0.3, 0.4) is 0 Å². The van der Waals surface area contributed by atoms with E-state index in [1.807, 2.05) is 0 Å². The quantitative estimate of drug-likeness (QED) is 0.319. The van der Waals surface area contributed by atoms with Gasteiger partial charge in [-0.05, 0) is 61.3 Å². The van der Waals surface area contributed by atoms with Crippen molar-refractivity contribution in [3.63, 3.8) is 0 Å². The van der Waals surface area contributed by atoms with Crippen LogP contribution in [0.1, 0.15) is 22.3 Å². The monoisotopic (exact) mass is 462 g/mol. The van der Waals surface area contributed by atoms with Crippen molar-refractivity contribution in [2.45, 2.75) is 27.3 Å². The van der Waals surface area contributed by atoms with E-state index in [0.717, 1.165) is 13.2 Å². The molecule has 3 heteroatoms. The minimum atomic E-state index is -0.620. The van der Waals surface area contributed by atoms with Gasteiger partial charge in [-0.15, -0.1) is 0 Å². The van der Waals surface area contributed by atoms with Crippen LogP contribution in [0.25, 0.3) is 0 Å². The second kappa shape index (κ2) is 9.87. The Labute approximate surface area is 204 Å². The second-order valence-electron chi connectivity index (χ2n) is 9.04. The summed E-state index contributed by atoms with van der Waals surface area (Å²) in [7, 11) is -0.620. The average molecular weight is 463 g/mol. The normalized spacial score (nSPS) is 13.2. The van der Waals surface area contributed by atoms with Crippen molar-refractivity contribution < 1.29 is 0 Å². The fraction of sp³-hybridized carbons (Fsp3) is 0.161. The van der Waals surface area contributed by atoms with Crippen molar-refractivity contribution in [3.05, 3.63) is 132 Å². The average Bonchev–Trinajstić information content (AvgIpc) is 3.29. The maximum Gasteiger partial charge on any atom is 0.0945 e. The molecule has 0 N–H and O–H groups in total. The van der Waals surface area contributed by atoms with Crippen molar-refractivity contribution >= 4 is 29.5 Å².